The number of carboxylic acids is 1. The fraction of sp³-hybridized carbons (Fsp3) is 0.222. The Morgan fingerprint density at radius 1 is 0.912 bits per heavy atom. The van der Waals surface area contributed by atoms with Crippen molar-refractivity contribution in [1.29, 1.82) is 0 Å². The molecule has 0 aliphatic heterocycles. The molecule has 3 aromatic carbocycles. The summed E-state index contributed by atoms with van der Waals surface area (Å²) in [6.07, 6.45) is -0.219. The second-order valence-electron chi connectivity index (χ2n) is 8.22. The monoisotopic (exact) mass is 460 g/mol. The summed E-state index contributed by atoms with van der Waals surface area (Å²) in [6, 6.07) is 20.6. The van der Waals surface area contributed by atoms with Crippen LogP contribution in [0.2, 0.25) is 0 Å². The third kappa shape index (κ3) is 6.30. The average Bonchev–Trinajstić information content (AvgIpc) is 2.83. The van der Waals surface area contributed by atoms with Crippen molar-refractivity contribution in [2.45, 2.75) is 39.0 Å². The zero-order valence-electron chi connectivity index (χ0n) is 19.0. The van der Waals surface area contributed by atoms with Gasteiger partial charge < -0.3 is 20.8 Å². The van der Waals surface area contributed by atoms with Gasteiger partial charge in [0.25, 0.3) is 5.91 Å². The summed E-state index contributed by atoms with van der Waals surface area (Å²) in [6.45, 7) is 1.93. The second kappa shape index (κ2) is 11.2. The number of aryl methyl sites for hydroxylation is 1. The molecule has 0 aromatic heterocycles. The molecule has 3 aromatic rings. The Bertz CT molecular complexity index is 1170. The molecule has 7 nitrogen and oxygen atoms in total. The Kier molecular flexibility index (Phi) is 8.16. The standard InChI is InChI=1S/C27H28N2O5/c1-18-4-2-5-19(14-18)16-29(24(27(33)34)12-13-25(28)31)26(32)22-10-8-21(9-11-22)23-7-3-6-20(15-23)17-30/h2-11,14-15,24,30H,12-13,16-17H2,1H3,(H2,28,31)(H,33,34)/t24-/m0/s1. The number of carbonyl (C=O) groups is 3. The molecule has 0 bridgehead atoms. The van der Waals surface area contributed by atoms with Crippen LogP contribution < -0.4 is 5.73 Å². The largest absolute Gasteiger partial charge is 0.480 e. The molecule has 0 unspecified atom stereocenters. The van der Waals surface area contributed by atoms with Gasteiger partial charge in [0, 0.05) is 18.5 Å². The highest BCUT2D eigenvalue weighted by molar-refractivity contribution is 5.97. The maximum Gasteiger partial charge on any atom is 0.326 e. The van der Waals surface area contributed by atoms with Crippen LogP contribution in [0.15, 0.2) is 72.8 Å². The molecule has 1 atom stereocenters. The minimum atomic E-state index is -1.21. The third-order valence-electron chi connectivity index (χ3n) is 5.60. The summed E-state index contributed by atoms with van der Waals surface area (Å²) in [5.74, 6) is -2.27. The number of rotatable bonds is 10. The molecule has 2 amide bonds. The van der Waals surface area contributed by atoms with E-state index in [0.717, 1.165) is 27.8 Å². The second-order valence-corrected chi connectivity index (χ2v) is 8.22. The van der Waals surface area contributed by atoms with Gasteiger partial charge in [-0.05, 0) is 53.8 Å². The van der Waals surface area contributed by atoms with E-state index in [2.05, 4.69) is 0 Å². The quantitative estimate of drug-likeness (QED) is 0.427. The molecule has 0 saturated heterocycles. The van der Waals surface area contributed by atoms with Crippen molar-refractivity contribution in [3.63, 3.8) is 0 Å². The summed E-state index contributed by atoms with van der Waals surface area (Å²) in [4.78, 5) is 38.2. The van der Waals surface area contributed by atoms with Crippen LogP contribution in [0.1, 0.15) is 39.9 Å². The molecule has 3 rings (SSSR count). The van der Waals surface area contributed by atoms with Gasteiger partial charge in [0.2, 0.25) is 5.91 Å². The molecule has 4 N–H and O–H groups in total. The molecule has 0 spiro atoms. The zero-order chi connectivity index (χ0) is 24.7. The van der Waals surface area contributed by atoms with Crippen LogP contribution in [0, 0.1) is 6.92 Å². The zero-order valence-corrected chi connectivity index (χ0v) is 19.0. The van der Waals surface area contributed by atoms with E-state index in [0.29, 0.717) is 5.56 Å². The highest BCUT2D eigenvalue weighted by Crippen LogP contribution is 2.23. The molecule has 0 fully saturated rings. The Hall–Kier alpha value is -3.97. The van der Waals surface area contributed by atoms with E-state index in [9.17, 15) is 24.6 Å². The molecule has 0 saturated carbocycles. The number of aliphatic carboxylic acids is 1. The third-order valence-corrected chi connectivity index (χ3v) is 5.60. The van der Waals surface area contributed by atoms with Gasteiger partial charge in [-0.15, -0.1) is 0 Å². The van der Waals surface area contributed by atoms with Crippen LogP contribution in [0.4, 0.5) is 0 Å². The molecule has 0 aliphatic carbocycles. The van der Waals surface area contributed by atoms with Gasteiger partial charge in [-0.2, -0.15) is 0 Å². The van der Waals surface area contributed by atoms with Crippen LogP contribution in [0.25, 0.3) is 11.1 Å². The van der Waals surface area contributed by atoms with Crippen LogP contribution in [0.5, 0.6) is 0 Å². The predicted molar refractivity (Wildman–Crippen MR) is 129 cm³/mol. The fourth-order valence-corrected chi connectivity index (χ4v) is 3.84. The van der Waals surface area contributed by atoms with Gasteiger partial charge in [0.15, 0.2) is 0 Å². The Labute approximate surface area is 198 Å². The summed E-state index contributed by atoms with van der Waals surface area (Å²) in [7, 11) is 0. The number of primary amides is 1. The van der Waals surface area contributed by atoms with Crippen molar-refractivity contribution in [1.82, 2.24) is 4.90 Å². The molecule has 176 valence electrons. The smallest absolute Gasteiger partial charge is 0.326 e. The van der Waals surface area contributed by atoms with Crippen molar-refractivity contribution in [3.8, 4) is 11.1 Å². The molecule has 0 heterocycles. The molecule has 0 aliphatic rings. The summed E-state index contributed by atoms with van der Waals surface area (Å²) in [5.41, 5.74) is 9.89. The number of carboxylic acid groups (broad SMARTS) is 1. The van der Waals surface area contributed by atoms with Gasteiger partial charge >= 0.3 is 5.97 Å². The van der Waals surface area contributed by atoms with Gasteiger partial charge in [-0.25, -0.2) is 4.79 Å². The maximum atomic E-state index is 13.5. The molecular weight excluding hydrogens is 432 g/mol. The lowest BCUT2D eigenvalue weighted by molar-refractivity contribution is -0.143. The van der Waals surface area contributed by atoms with Crippen LogP contribution in [-0.2, 0) is 22.7 Å². The first-order valence-corrected chi connectivity index (χ1v) is 11.0. The number of amides is 2. The average molecular weight is 461 g/mol. The first kappa shape index (κ1) is 24.7. The highest BCUT2D eigenvalue weighted by Gasteiger charge is 2.30. The molecular formula is C27H28N2O5. The molecule has 7 heteroatoms. The highest BCUT2D eigenvalue weighted by atomic mass is 16.4. The summed E-state index contributed by atoms with van der Waals surface area (Å²) < 4.78 is 0. The Morgan fingerprint density at radius 3 is 2.21 bits per heavy atom. The SMILES string of the molecule is Cc1cccc(CN(C(=O)c2ccc(-c3cccc(CO)c3)cc2)[C@@H](CCC(N)=O)C(=O)O)c1. The van der Waals surface area contributed by atoms with E-state index in [4.69, 9.17) is 5.73 Å². The van der Waals surface area contributed by atoms with Crippen LogP contribution in [0.3, 0.4) is 0 Å². The van der Waals surface area contributed by atoms with E-state index in [1.165, 1.54) is 4.90 Å². The van der Waals surface area contributed by atoms with E-state index in [1.807, 2.05) is 55.5 Å². The van der Waals surface area contributed by atoms with Crippen molar-refractivity contribution in [3.05, 3.63) is 95.1 Å². The number of nitrogens with two attached hydrogens (primary N) is 1. The van der Waals surface area contributed by atoms with Gasteiger partial charge in [0.1, 0.15) is 6.04 Å². The van der Waals surface area contributed by atoms with Crippen LogP contribution in [-0.4, -0.2) is 38.9 Å². The molecule has 34 heavy (non-hydrogen) atoms. The Morgan fingerprint density at radius 2 is 1.59 bits per heavy atom. The first-order valence-electron chi connectivity index (χ1n) is 11.0. The number of hydrogen-bond donors (Lipinski definition) is 3. The normalized spacial score (nSPS) is 11.6. The number of benzene rings is 3. The van der Waals surface area contributed by atoms with E-state index in [-0.39, 0.29) is 26.0 Å². The number of nitrogens with zero attached hydrogens (tertiary/aromatic N) is 1. The summed E-state index contributed by atoms with van der Waals surface area (Å²) in [5, 5.41) is 19.2. The van der Waals surface area contributed by atoms with Gasteiger partial charge in [-0.3, -0.25) is 9.59 Å². The van der Waals surface area contributed by atoms with Gasteiger partial charge in [-0.1, -0.05) is 60.2 Å². The van der Waals surface area contributed by atoms with E-state index >= 15 is 0 Å². The minimum absolute atomic E-state index is 0.0692. The van der Waals surface area contributed by atoms with Crippen molar-refractivity contribution in [2.75, 3.05) is 0 Å². The topological polar surface area (TPSA) is 121 Å². The van der Waals surface area contributed by atoms with Crippen molar-refractivity contribution >= 4 is 17.8 Å². The number of aliphatic hydroxyl groups excluding tert-OH is 1. The lowest BCUT2D eigenvalue weighted by atomic mass is 10.0. The lowest BCUT2D eigenvalue weighted by Gasteiger charge is -2.29. The number of aliphatic hydroxyl groups is 1. The molecule has 0 radical (unpaired) electrons. The lowest BCUT2D eigenvalue weighted by Crippen LogP contribution is -2.45. The number of carbonyl (C=O) groups excluding carboxylic acids is 2. The van der Waals surface area contributed by atoms with E-state index < -0.39 is 23.8 Å². The number of hydrogen-bond acceptors (Lipinski definition) is 4. The van der Waals surface area contributed by atoms with E-state index in [1.54, 1.807) is 24.3 Å². The Balaban J connectivity index is 1.92. The van der Waals surface area contributed by atoms with Crippen molar-refractivity contribution in [2.24, 2.45) is 5.73 Å². The maximum absolute atomic E-state index is 13.5. The predicted octanol–water partition coefficient (Wildman–Crippen LogP) is 3.52. The fourth-order valence-electron chi connectivity index (χ4n) is 3.84. The van der Waals surface area contributed by atoms with Crippen LogP contribution >= 0.6 is 0 Å². The van der Waals surface area contributed by atoms with Crippen molar-refractivity contribution < 1.29 is 24.6 Å². The van der Waals surface area contributed by atoms with Gasteiger partial charge in [0.05, 0.1) is 6.61 Å². The summed E-state index contributed by atoms with van der Waals surface area (Å²) >= 11 is 0. The first-order chi connectivity index (χ1) is 16.3. The minimum Gasteiger partial charge on any atom is -0.480 e.